The Morgan fingerprint density at radius 2 is 1.97 bits per heavy atom. The molecule has 1 aliphatic heterocycles. The van der Waals surface area contributed by atoms with Gasteiger partial charge >= 0.3 is 0 Å². The van der Waals surface area contributed by atoms with Crippen molar-refractivity contribution < 1.29 is 14.3 Å². The van der Waals surface area contributed by atoms with Gasteiger partial charge in [0.15, 0.2) is 5.96 Å². The molecule has 3 rings (SSSR count). The van der Waals surface area contributed by atoms with Crippen LogP contribution in [0.3, 0.4) is 0 Å². The third kappa shape index (κ3) is 5.90. The molecule has 1 unspecified atom stereocenters. The summed E-state index contributed by atoms with van der Waals surface area (Å²) in [6.07, 6.45) is 1.62. The van der Waals surface area contributed by atoms with Gasteiger partial charge in [-0.1, -0.05) is 24.3 Å². The maximum Gasteiger partial charge on any atom is 0.222 e. The molecule has 0 aromatic heterocycles. The van der Waals surface area contributed by atoms with E-state index in [1.54, 1.807) is 21.3 Å². The molecule has 1 fully saturated rings. The van der Waals surface area contributed by atoms with E-state index < -0.39 is 0 Å². The Hall–Kier alpha value is -3.22. The Balaban J connectivity index is 1.61. The van der Waals surface area contributed by atoms with Crippen molar-refractivity contribution in [3.8, 4) is 11.5 Å². The number of ether oxygens (including phenoxy) is 2. The van der Waals surface area contributed by atoms with Gasteiger partial charge in [0.2, 0.25) is 5.91 Å². The summed E-state index contributed by atoms with van der Waals surface area (Å²) in [5, 5.41) is 6.78. The highest BCUT2D eigenvalue weighted by Crippen LogP contribution is 2.29. The fourth-order valence-corrected chi connectivity index (χ4v) is 3.77. The van der Waals surface area contributed by atoms with E-state index in [9.17, 15) is 4.79 Å². The number of hydrogen-bond acceptors (Lipinski definition) is 4. The number of aliphatic imine (C=N–C) groups is 1. The van der Waals surface area contributed by atoms with Crippen LogP contribution in [0, 0.1) is 0 Å². The number of carbonyl (C=O) groups excluding carboxylic acids is 1. The van der Waals surface area contributed by atoms with Crippen LogP contribution in [0.4, 0.5) is 0 Å². The summed E-state index contributed by atoms with van der Waals surface area (Å²) >= 11 is 0. The van der Waals surface area contributed by atoms with Crippen molar-refractivity contribution in [2.75, 3.05) is 27.8 Å². The Labute approximate surface area is 184 Å². The Morgan fingerprint density at radius 1 is 1.16 bits per heavy atom. The molecule has 2 aromatic carbocycles. The molecule has 2 aromatic rings. The van der Waals surface area contributed by atoms with Crippen molar-refractivity contribution in [2.45, 2.75) is 38.9 Å². The van der Waals surface area contributed by atoms with E-state index >= 15 is 0 Å². The maximum absolute atomic E-state index is 11.9. The largest absolute Gasteiger partial charge is 0.497 e. The molecule has 1 atom stereocenters. The van der Waals surface area contributed by atoms with Crippen molar-refractivity contribution in [1.82, 2.24) is 15.5 Å². The third-order valence-electron chi connectivity index (χ3n) is 5.48. The highest BCUT2D eigenvalue weighted by atomic mass is 16.5. The molecule has 0 bridgehead atoms. The van der Waals surface area contributed by atoms with E-state index in [0.29, 0.717) is 25.5 Å². The van der Waals surface area contributed by atoms with Crippen LogP contribution in [0.25, 0.3) is 0 Å². The SMILES string of the molecule is CN=C(NCc1cccc(CN2CCCC2=O)c1)NC(C)c1cc(OC)ccc1OC. The molecule has 1 aliphatic rings. The van der Waals surface area contributed by atoms with Crippen LogP contribution in [-0.4, -0.2) is 44.6 Å². The summed E-state index contributed by atoms with van der Waals surface area (Å²) in [6, 6.07) is 14.0. The second kappa shape index (κ2) is 10.7. The Morgan fingerprint density at radius 3 is 2.65 bits per heavy atom. The molecule has 2 N–H and O–H groups in total. The average Bonchev–Trinajstić information content (AvgIpc) is 3.20. The molecule has 0 radical (unpaired) electrons. The van der Waals surface area contributed by atoms with Gasteiger partial charge in [-0.15, -0.1) is 0 Å². The number of nitrogens with one attached hydrogen (secondary N) is 2. The number of amides is 1. The van der Waals surface area contributed by atoms with Crippen LogP contribution >= 0.6 is 0 Å². The van der Waals surface area contributed by atoms with Gasteiger partial charge in [-0.25, -0.2) is 0 Å². The quantitative estimate of drug-likeness (QED) is 0.503. The first-order chi connectivity index (χ1) is 15.0. The molecular formula is C24H32N4O3. The molecule has 1 saturated heterocycles. The van der Waals surface area contributed by atoms with Crippen LogP contribution < -0.4 is 20.1 Å². The summed E-state index contributed by atoms with van der Waals surface area (Å²) in [5.41, 5.74) is 3.27. The summed E-state index contributed by atoms with van der Waals surface area (Å²) in [7, 11) is 5.06. The molecular weight excluding hydrogens is 392 g/mol. The van der Waals surface area contributed by atoms with Crippen molar-refractivity contribution >= 4 is 11.9 Å². The lowest BCUT2D eigenvalue weighted by atomic mass is 10.1. The second-order valence-corrected chi connectivity index (χ2v) is 7.64. The number of rotatable bonds is 8. The summed E-state index contributed by atoms with van der Waals surface area (Å²) < 4.78 is 10.9. The van der Waals surface area contributed by atoms with Crippen molar-refractivity contribution in [2.24, 2.45) is 4.99 Å². The number of methoxy groups -OCH3 is 2. The van der Waals surface area contributed by atoms with Crippen LogP contribution in [0.2, 0.25) is 0 Å². The van der Waals surface area contributed by atoms with Crippen LogP contribution in [-0.2, 0) is 17.9 Å². The molecule has 1 amide bonds. The minimum atomic E-state index is -0.0382. The highest BCUT2D eigenvalue weighted by Gasteiger charge is 2.20. The summed E-state index contributed by atoms with van der Waals surface area (Å²) in [6.45, 7) is 4.21. The Bertz CT molecular complexity index is 929. The number of benzene rings is 2. The van der Waals surface area contributed by atoms with Gasteiger partial charge in [0.25, 0.3) is 0 Å². The van der Waals surface area contributed by atoms with Gasteiger partial charge in [0, 0.05) is 38.7 Å². The minimum Gasteiger partial charge on any atom is -0.497 e. The topological polar surface area (TPSA) is 75.2 Å². The predicted octanol–water partition coefficient (Wildman–Crippen LogP) is 3.25. The standard InChI is InChI=1S/C24H32N4O3/c1-17(21-14-20(30-3)10-11-22(21)31-4)27-24(25-2)26-15-18-7-5-8-19(13-18)16-28-12-6-9-23(28)29/h5,7-8,10-11,13-14,17H,6,9,12,15-16H2,1-4H3,(H2,25,26,27). The van der Waals surface area contributed by atoms with Gasteiger partial charge in [0.05, 0.1) is 20.3 Å². The fourth-order valence-electron chi connectivity index (χ4n) is 3.77. The van der Waals surface area contributed by atoms with E-state index in [1.807, 2.05) is 29.2 Å². The number of hydrogen-bond donors (Lipinski definition) is 2. The van der Waals surface area contributed by atoms with E-state index in [2.05, 4.69) is 40.7 Å². The maximum atomic E-state index is 11.9. The lowest BCUT2D eigenvalue weighted by molar-refractivity contribution is -0.128. The first-order valence-corrected chi connectivity index (χ1v) is 10.6. The number of carbonyl (C=O) groups is 1. The molecule has 0 saturated carbocycles. The monoisotopic (exact) mass is 424 g/mol. The van der Waals surface area contributed by atoms with Gasteiger partial charge in [0.1, 0.15) is 11.5 Å². The van der Waals surface area contributed by atoms with E-state index in [0.717, 1.165) is 41.2 Å². The first-order valence-electron chi connectivity index (χ1n) is 10.6. The molecule has 7 nitrogen and oxygen atoms in total. The first kappa shape index (κ1) is 22.5. The fraction of sp³-hybridized carbons (Fsp3) is 0.417. The lowest BCUT2D eigenvalue weighted by Crippen LogP contribution is -2.38. The molecule has 0 aliphatic carbocycles. The average molecular weight is 425 g/mol. The molecule has 7 heteroatoms. The lowest BCUT2D eigenvalue weighted by Gasteiger charge is -2.21. The van der Waals surface area contributed by atoms with Crippen molar-refractivity contribution in [3.05, 3.63) is 59.2 Å². The van der Waals surface area contributed by atoms with Gasteiger partial charge in [-0.2, -0.15) is 0 Å². The van der Waals surface area contributed by atoms with Gasteiger partial charge in [-0.3, -0.25) is 9.79 Å². The Kier molecular flexibility index (Phi) is 7.76. The molecule has 31 heavy (non-hydrogen) atoms. The summed E-state index contributed by atoms with van der Waals surface area (Å²) in [5.74, 6) is 2.51. The number of nitrogens with zero attached hydrogens (tertiary/aromatic N) is 2. The highest BCUT2D eigenvalue weighted by molar-refractivity contribution is 5.80. The van der Waals surface area contributed by atoms with Crippen molar-refractivity contribution in [3.63, 3.8) is 0 Å². The van der Waals surface area contributed by atoms with Gasteiger partial charge in [-0.05, 0) is 42.7 Å². The van der Waals surface area contributed by atoms with Gasteiger partial charge < -0.3 is 25.0 Å². The third-order valence-corrected chi connectivity index (χ3v) is 5.48. The van der Waals surface area contributed by atoms with Crippen LogP contribution in [0.1, 0.15) is 42.5 Å². The number of guanidine groups is 1. The van der Waals surface area contributed by atoms with Crippen LogP contribution in [0.15, 0.2) is 47.5 Å². The van der Waals surface area contributed by atoms with E-state index in [1.165, 1.54) is 0 Å². The van der Waals surface area contributed by atoms with E-state index in [-0.39, 0.29) is 11.9 Å². The van der Waals surface area contributed by atoms with Crippen molar-refractivity contribution in [1.29, 1.82) is 0 Å². The normalized spacial score (nSPS) is 15.0. The second-order valence-electron chi connectivity index (χ2n) is 7.64. The summed E-state index contributed by atoms with van der Waals surface area (Å²) in [4.78, 5) is 18.2. The smallest absolute Gasteiger partial charge is 0.222 e. The van der Waals surface area contributed by atoms with E-state index in [4.69, 9.17) is 9.47 Å². The number of likely N-dealkylation sites (tertiary alicyclic amines) is 1. The predicted molar refractivity (Wildman–Crippen MR) is 122 cm³/mol. The zero-order valence-corrected chi connectivity index (χ0v) is 18.8. The molecule has 1 heterocycles. The minimum absolute atomic E-state index is 0.0382. The molecule has 166 valence electrons. The molecule has 0 spiro atoms. The zero-order valence-electron chi connectivity index (χ0n) is 18.8. The zero-order chi connectivity index (χ0) is 22.2. The van der Waals surface area contributed by atoms with Crippen LogP contribution in [0.5, 0.6) is 11.5 Å².